The third kappa shape index (κ3) is 3.79. The van der Waals surface area contributed by atoms with Crippen molar-refractivity contribution < 1.29 is 9.59 Å². The van der Waals surface area contributed by atoms with E-state index < -0.39 is 0 Å². The van der Waals surface area contributed by atoms with Gasteiger partial charge < -0.3 is 9.80 Å². The lowest BCUT2D eigenvalue weighted by atomic mass is 10.2. The van der Waals surface area contributed by atoms with E-state index in [2.05, 4.69) is 5.10 Å². The molecule has 0 atom stereocenters. The third-order valence-corrected chi connectivity index (χ3v) is 5.10. The van der Waals surface area contributed by atoms with E-state index in [0.717, 1.165) is 51.9 Å². The van der Waals surface area contributed by atoms with Crippen LogP contribution in [0.2, 0.25) is 0 Å². The Labute approximate surface area is 143 Å². The molecule has 0 unspecified atom stereocenters. The highest BCUT2D eigenvalue weighted by Crippen LogP contribution is 2.16. The van der Waals surface area contributed by atoms with Crippen LogP contribution in [0.5, 0.6) is 0 Å². The largest absolute Gasteiger partial charge is 0.337 e. The molecule has 0 saturated carbocycles. The molecule has 2 saturated heterocycles. The number of carbonyl (C=O) groups is 2. The molecule has 24 heavy (non-hydrogen) atoms. The van der Waals surface area contributed by atoms with Crippen LogP contribution in [0.1, 0.15) is 72.3 Å². The minimum atomic E-state index is -0.0394. The first-order chi connectivity index (χ1) is 11.7. The van der Waals surface area contributed by atoms with Gasteiger partial charge in [-0.15, -0.1) is 0 Å². The summed E-state index contributed by atoms with van der Waals surface area (Å²) < 4.78 is 1.57. The van der Waals surface area contributed by atoms with E-state index in [0.29, 0.717) is 11.4 Å². The van der Waals surface area contributed by atoms with Gasteiger partial charge in [-0.2, -0.15) is 5.10 Å². The van der Waals surface area contributed by atoms with Gasteiger partial charge in [0.05, 0.1) is 0 Å². The molecule has 3 rings (SSSR count). The van der Waals surface area contributed by atoms with E-state index in [9.17, 15) is 9.59 Å². The first-order valence-corrected chi connectivity index (χ1v) is 9.29. The van der Waals surface area contributed by atoms with E-state index in [-0.39, 0.29) is 11.8 Å². The van der Waals surface area contributed by atoms with Crippen LogP contribution in [0.25, 0.3) is 0 Å². The summed E-state index contributed by atoms with van der Waals surface area (Å²) in [7, 11) is 1.75. The maximum Gasteiger partial charge on any atom is 0.274 e. The standard InChI is InChI=1S/C18H28N4O2/c1-20-16(18(24)22-12-8-4-5-9-13-22)14-15(19-20)17(23)21-10-6-2-3-7-11-21/h14H,2-13H2,1H3. The van der Waals surface area contributed by atoms with Gasteiger partial charge in [0.1, 0.15) is 5.69 Å². The van der Waals surface area contributed by atoms with E-state index >= 15 is 0 Å². The summed E-state index contributed by atoms with van der Waals surface area (Å²) in [5, 5.41) is 4.33. The highest BCUT2D eigenvalue weighted by atomic mass is 16.2. The van der Waals surface area contributed by atoms with Gasteiger partial charge in [-0.1, -0.05) is 25.7 Å². The quantitative estimate of drug-likeness (QED) is 0.836. The first kappa shape index (κ1) is 17.0. The van der Waals surface area contributed by atoms with Gasteiger partial charge >= 0.3 is 0 Å². The number of rotatable bonds is 2. The van der Waals surface area contributed by atoms with Gasteiger partial charge in [0.2, 0.25) is 0 Å². The van der Waals surface area contributed by atoms with Crippen LogP contribution in [-0.2, 0) is 7.05 Å². The average molecular weight is 332 g/mol. The van der Waals surface area contributed by atoms with Crippen LogP contribution >= 0.6 is 0 Å². The Morgan fingerprint density at radius 2 is 1.25 bits per heavy atom. The second-order valence-corrected chi connectivity index (χ2v) is 6.95. The molecule has 0 aromatic carbocycles. The molecule has 1 aromatic heterocycles. The van der Waals surface area contributed by atoms with Crippen molar-refractivity contribution in [3.63, 3.8) is 0 Å². The van der Waals surface area contributed by atoms with Crippen molar-refractivity contribution in [3.8, 4) is 0 Å². The van der Waals surface area contributed by atoms with E-state index in [4.69, 9.17) is 0 Å². The van der Waals surface area contributed by atoms with Crippen molar-refractivity contribution in [1.29, 1.82) is 0 Å². The molecule has 2 aliphatic heterocycles. The first-order valence-electron chi connectivity index (χ1n) is 9.29. The Bertz CT molecular complexity index is 580. The number of hydrogen-bond donors (Lipinski definition) is 0. The Balaban J connectivity index is 1.73. The number of likely N-dealkylation sites (tertiary alicyclic amines) is 2. The SMILES string of the molecule is Cn1nc(C(=O)N2CCCCCC2)cc1C(=O)N1CCCCCC1. The zero-order valence-corrected chi connectivity index (χ0v) is 14.7. The second-order valence-electron chi connectivity index (χ2n) is 6.95. The second kappa shape index (κ2) is 7.81. The fourth-order valence-corrected chi connectivity index (χ4v) is 3.64. The van der Waals surface area contributed by atoms with Crippen LogP contribution in [0.4, 0.5) is 0 Å². The number of nitrogens with zero attached hydrogens (tertiary/aromatic N) is 4. The number of aromatic nitrogens is 2. The summed E-state index contributed by atoms with van der Waals surface area (Å²) >= 11 is 0. The predicted octanol–water partition coefficient (Wildman–Crippen LogP) is 2.45. The summed E-state index contributed by atoms with van der Waals surface area (Å²) in [6.45, 7) is 3.20. The summed E-state index contributed by atoms with van der Waals surface area (Å²) in [6.07, 6.45) is 8.97. The van der Waals surface area contributed by atoms with Crippen LogP contribution < -0.4 is 0 Å². The summed E-state index contributed by atoms with van der Waals surface area (Å²) in [5.74, 6) is -0.0377. The smallest absolute Gasteiger partial charge is 0.274 e. The number of aryl methyl sites for hydroxylation is 1. The number of carbonyl (C=O) groups excluding carboxylic acids is 2. The topological polar surface area (TPSA) is 58.4 Å². The van der Waals surface area contributed by atoms with Crippen LogP contribution in [0.15, 0.2) is 6.07 Å². The summed E-state index contributed by atoms with van der Waals surface area (Å²) in [6, 6.07) is 1.68. The fourth-order valence-electron chi connectivity index (χ4n) is 3.64. The normalized spacial score (nSPS) is 19.7. The summed E-state index contributed by atoms with van der Waals surface area (Å²) in [5.41, 5.74) is 0.924. The molecule has 6 heteroatoms. The lowest BCUT2D eigenvalue weighted by molar-refractivity contribution is 0.0746. The molecule has 0 bridgehead atoms. The van der Waals surface area contributed by atoms with Gasteiger partial charge in [0.25, 0.3) is 11.8 Å². The fraction of sp³-hybridized carbons (Fsp3) is 0.722. The molecule has 0 radical (unpaired) electrons. The minimum Gasteiger partial charge on any atom is -0.337 e. The van der Waals surface area contributed by atoms with Gasteiger partial charge in [0.15, 0.2) is 5.69 Å². The third-order valence-electron chi connectivity index (χ3n) is 5.10. The molecule has 0 spiro atoms. The van der Waals surface area contributed by atoms with Crippen LogP contribution in [0, 0.1) is 0 Å². The van der Waals surface area contributed by atoms with Crippen molar-refractivity contribution in [1.82, 2.24) is 19.6 Å². The van der Waals surface area contributed by atoms with Crippen LogP contribution in [-0.4, -0.2) is 57.6 Å². The molecule has 2 amide bonds. The van der Waals surface area contributed by atoms with E-state index in [1.54, 1.807) is 17.8 Å². The Kier molecular flexibility index (Phi) is 5.53. The maximum atomic E-state index is 12.8. The highest BCUT2D eigenvalue weighted by Gasteiger charge is 2.25. The highest BCUT2D eigenvalue weighted by molar-refractivity contribution is 5.98. The molecule has 0 N–H and O–H groups in total. The Hall–Kier alpha value is -1.85. The molecule has 6 nitrogen and oxygen atoms in total. The zero-order valence-electron chi connectivity index (χ0n) is 14.7. The van der Waals surface area contributed by atoms with Gasteiger partial charge in [-0.3, -0.25) is 14.3 Å². The van der Waals surface area contributed by atoms with Crippen molar-refractivity contribution in [2.24, 2.45) is 7.05 Å². The Morgan fingerprint density at radius 3 is 1.75 bits per heavy atom. The van der Waals surface area contributed by atoms with Crippen molar-refractivity contribution in [3.05, 3.63) is 17.5 Å². The number of hydrogen-bond acceptors (Lipinski definition) is 3. The summed E-state index contributed by atoms with van der Waals surface area (Å²) in [4.78, 5) is 29.3. The number of amides is 2. The zero-order chi connectivity index (χ0) is 16.9. The Morgan fingerprint density at radius 1 is 0.792 bits per heavy atom. The predicted molar refractivity (Wildman–Crippen MR) is 92.0 cm³/mol. The minimum absolute atomic E-state index is 0.00168. The molecule has 132 valence electrons. The molecule has 3 heterocycles. The molecule has 0 aliphatic carbocycles. The maximum absolute atomic E-state index is 12.8. The monoisotopic (exact) mass is 332 g/mol. The van der Waals surface area contributed by atoms with Gasteiger partial charge in [-0.05, 0) is 25.7 Å². The molecule has 2 fully saturated rings. The van der Waals surface area contributed by atoms with Gasteiger partial charge in [-0.25, -0.2) is 0 Å². The van der Waals surface area contributed by atoms with Crippen molar-refractivity contribution in [2.75, 3.05) is 26.2 Å². The molecular weight excluding hydrogens is 304 g/mol. The average Bonchev–Trinajstić information content (AvgIpc) is 2.84. The van der Waals surface area contributed by atoms with Crippen LogP contribution in [0.3, 0.4) is 0 Å². The van der Waals surface area contributed by atoms with Crippen molar-refractivity contribution in [2.45, 2.75) is 51.4 Å². The van der Waals surface area contributed by atoms with Gasteiger partial charge in [0, 0.05) is 39.3 Å². The lowest BCUT2D eigenvalue weighted by Crippen LogP contribution is -2.33. The lowest BCUT2D eigenvalue weighted by Gasteiger charge is -2.20. The van der Waals surface area contributed by atoms with E-state index in [1.165, 1.54) is 25.7 Å². The molecule has 1 aromatic rings. The molecule has 2 aliphatic rings. The van der Waals surface area contributed by atoms with Crippen molar-refractivity contribution >= 4 is 11.8 Å². The molecular formula is C18H28N4O2. The van der Waals surface area contributed by atoms with E-state index in [1.807, 2.05) is 9.80 Å².